The minimum Gasteiger partial charge on any atom is -0.481 e. The second-order valence-electron chi connectivity index (χ2n) is 16.0. The number of aromatic nitrogens is 3. The maximum absolute atomic E-state index is 11.8. The van der Waals surface area contributed by atoms with E-state index in [4.69, 9.17) is 47.6 Å². The summed E-state index contributed by atoms with van der Waals surface area (Å²) in [6, 6.07) is 14.2. The number of nitrogens with zero attached hydrogens (tertiary/aromatic N) is 7. The van der Waals surface area contributed by atoms with Crippen LogP contribution in [0, 0.1) is 10.8 Å². The fourth-order valence-electron chi connectivity index (χ4n) is 9.55. The molecule has 5 aliphatic rings. The summed E-state index contributed by atoms with van der Waals surface area (Å²) in [5, 5.41) is 1.06. The topological polar surface area (TPSA) is 104 Å². The van der Waals surface area contributed by atoms with Crippen molar-refractivity contribution < 1.29 is 19.1 Å². The smallest absolute Gasteiger partial charge is 0.237 e. The number of hydrogen-bond acceptors (Lipinski definition) is 9. The van der Waals surface area contributed by atoms with Gasteiger partial charge < -0.3 is 19.3 Å². The first-order valence-corrected chi connectivity index (χ1v) is 19.3. The van der Waals surface area contributed by atoms with Gasteiger partial charge in [-0.15, -0.1) is 0 Å². The standard InChI is InChI=1S/C41H43Cl2N7O4/c1-24(51)48-18-40(19-48)16-47(17-40)15-33-38(53-3)46-32(14-44-33)30-10-6-8-28(37(30)43)27-7-5-9-29(36(27)42)31-13-26-11-12-34(35(26)39(45-31)54-4)50-22-41(23-50)20-49(21-41)25(2)52/h5-10,13-14,34H,11-12,15-23H2,1-4H3/t34-/m1/s1. The number of rotatable bonds is 8. The largest absolute Gasteiger partial charge is 0.481 e. The van der Waals surface area contributed by atoms with E-state index in [-0.39, 0.29) is 28.7 Å². The zero-order valence-corrected chi connectivity index (χ0v) is 32.5. The maximum Gasteiger partial charge on any atom is 0.237 e. The number of carbonyl (C=O) groups excluding carboxylic acids is 2. The van der Waals surface area contributed by atoms with Gasteiger partial charge in [-0.25, -0.2) is 9.97 Å². The van der Waals surface area contributed by atoms with Crippen molar-refractivity contribution in [1.82, 2.24) is 34.6 Å². The fraction of sp³-hybridized carbons (Fsp3) is 0.439. The molecule has 0 bridgehead atoms. The molecule has 2 aromatic carbocycles. The van der Waals surface area contributed by atoms with Crippen molar-refractivity contribution in [1.29, 1.82) is 0 Å². The van der Waals surface area contributed by atoms with Gasteiger partial charge >= 0.3 is 0 Å². The fourth-order valence-corrected chi connectivity index (χ4v) is 10.2. The van der Waals surface area contributed by atoms with Crippen molar-refractivity contribution in [2.24, 2.45) is 10.8 Å². The van der Waals surface area contributed by atoms with Gasteiger partial charge in [-0.05, 0) is 24.5 Å². The predicted octanol–water partition coefficient (Wildman–Crippen LogP) is 6.01. The Kier molecular flexibility index (Phi) is 8.65. The van der Waals surface area contributed by atoms with Crippen molar-refractivity contribution in [2.45, 2.75) is 39.3 Å². The highest BCUT2D eigenvalue weighted by atomic mass is 35.5. The first-order valence-electron chi connectivity index (χ1n) is 18.5. The summed E-state index contributed by atoms with van der Waals surface area (Å²) < 4.78 is 11.7. The molecule has 6 heterocycles. The molecule has 9 rings (SSSR count). The lowest BCUT2D eigenvalue weighted by Crippen LogP contribution is -2.72. The van der Waals surface area contributed by atoms with Crippen LogP contribution in [-0.2, 0) is 22.6 Å². The quantitative estimate of drug-likeness (QED) is 0.213. The normalized spacial score (nSPS) is 20.9. The number of halogens is 2. The Labute approximate surface area is 325 Å². The van der Waals surface area contributed by atoms with Crippen LogP contribution in [0.1, 0.15) is 43.1 Å². The van der Waals surface area contributed by atoms with Gasteiger partial charge in [0.05, 0.1) is 41.8 Å². The third-order valence-electron chi connectivity index (χ3n) is 12.2. The van der Waals surface area contributed by atoms with Crippen LogP contribution in [0.2, 0.25) is 10.0 Å². The van der Waals surface area contributed by atoms with E-state index in [1.165, 1.54) is 5.56 Å². The molecule has 4 saturated heterocycles. The molecule has 4 aromatic rings. The average Bonchev–Trinajstić information content (AvgIpc) is 3.51. The number of carbonyl (C=O) groups is 2. The summed E-state index contributed by atoms with van der Waals surface area (Å²) >= 11 is 14.4. The number of ether oxygens (including phenoxy) is 2. The zero-order valence-electron chi connectivity index (χ0n) is 31.0. The monoisotopic (exact) mass is 767 g/mol. The molecule has 0 N–H and O–H groups in total. The van der Waals surface area contributed by atoms with Gasteiger partial charge in [0.25, 0.3) is 0 Å². The molecule has 0 unspecified atom stereocenters. The van der Waals surface area contributed by atoms with E-state index in [0.29, 0.717) is 34.0 Å². The number of likely N-dealkylation sites (tertiary alicyclic amines) is 4. The van der Waals surface area contributed by atoms with Crippen molar-refractivity contribution in [3.8, 4) is 45.4 Å². The molecule has 54 heavy (non-hydrogen) atoms. The Balaban J connectivity index is 0.943. The Bertz CT molecular complexity index is 2190. The molecule has 11 nitrogen and oxygen atoms in total. The van der Waals surface area contributed by atoms with E-state index < -0.39 is 0 Å². The molecule has 2 spiro atoms. The van der Waals surface area contributed by atoms with E-state index in [0.717, 1.165) is 104 Å². The van der Waals surface area contributed by atoms with E-state index >= 15 is 0 Å². The molecular formula is C41H43Cl2N7O4. The number of amides is 2. The van der Waals surface area contributed by atoms with Crippen LogP contribution < -0.4 is 9.47 Å². The Morgan fingerprint density at radius 2 is 1.30 bits per heavy atom. The van der Waals surface area contributed by atoms with Crippen molar-refractivity contribution in [2.75, 3.05) is 66.6 Å². The van der Waals surface area contributed by atoms with Gasteiger partial charge in [0, 0.05) is 117 Å². The minimum absolute atomic E-state index is 0.139. The molecule has 4 aliphatic heterocycles. The molecule has 1 atom stereocenters. The number of hydrogen-bond donors (Lipinski definition) is 0. The van der Waals surface area contributed by atoms with Crippen molar-refractivity contribution in [3.63, 3.8) is 0 Å². The van der Waals surface area contributed by atoms with Crippen LogP contribution in [0.15, 0.2) is 48.7 Å². The molecule has 0 radical (unpaired) electrons. The molecule has 4 fully saturated rings. The third kappa shape index (κ3) is 5.82. The van der Waals surface area contributed by atoms with Crippen LogP contribution >= 0.6 is 23.2 Å². The zero-order chi connectivity index (χ0) is 37.5. The highest BCUT2D eigenvalue weighted by molar-refractivity contribution is 6.39. The second-order valence-corrected chi connectivity index (χ2v) is 16.7. The highest BCUT2D eigenvalue weighted by Crippen LogP contribution is 2.50. The number of aryl methyl sites for hydroxylation is 1. The minimum atomic E-state index is 0.139. The second kappa shape index (κ2) is 13.2. The van der Waals surface area contributed by atoms with Crippen molar-refractivity contribution in [3.05, 3.63) is 75.5 Å². The molecule has 2 amide bonds. The third-order valence-corrected chi connectivity index (χ3v) is 13.0. The van der Waals surface area contributed by atoms with E-state index in [1.54, 1.807) is 34.3 Å². The van der Waals surface area contributed by atoms with Crippen LogP contribution in [-0.4, -0.2) is 113 Å². The lowest BCUT2D eigenvalue weighted by atomic mass is 9.72. The van der Waals surface area contributed by atoms with Gasteiger partial charge in [0.2, 0.25) is 23.6 Å². The Hall–Kier alpha value is -4.29. The van der Waals surface area contributed by atoms with Crippen LogP contribution in [0.3, 0.4) is 0 Å². The first kappa shape index (κ1) is 35.4. The molecule has 13 heteroatoms. The van der Waals surface area contributed by atoms with Gasteiger partial charge in [-0.1, -0.05) is 59.6 Å². The number of benzene rings is 2. The van der Waals surface area contributed by atoms with Crippen LogP contribution in [0.5, 0.6) is 11.8 Å². The van der Waals surface area contributed by atoms with Crippen molar-refractivity contribution >= 4 is 35.0 Å². The summed E-state index contributed by atoms with van der Waals surface area (Å²) in [6.45, 7) is 11.1. The predicted molar refractivity (Wildman–Crippen MR) is 207 cm³/mol. The molecule has 0 saturated carbocycles. The average molecular weight is 769 g/mol. The molecule has 280 valence electrons. The lowest BCUT2D eigenvalue weighted by molar-refractivity contribution is -0.161. The van der Waals surface area contributed by atoms with Gasteiger partial charge in [0.1, 0.15) is 5.69 Å². The van der Waals surface area contributed by atoms with E-state index in [1.807, 2.05) is 46.2 Å². The van der Waals surface area contributed by atoms with E-state index in [9.17, 15) is 9.59 Å². The van der Waals surface area contributed by atoms with Crippen LogP contribution in [0.25, 0.3) is 33.6 Å². The highest BCUT2D eigenvalue weighted by Gasteiger charge is 2.55. The van der Waals surface area contributed by atoms with Gasteiger partial charge in [0.15, 0.2) is 0 Å². The number of pyridine rings is 1. The summed E-state index contributed by atoms with van der Waals surface area (Å²) in [4.78, 5) is 46.7. The van der Waals surface area contributed by atoms with Gasteiger partial charge in [-0.2, -0.15) is 0 Å². The molecule has 2 aromatic heterocycles. The number of methoxy groups -OCH3 is 2. The summed E-state index contributed by atoms with van der Waals surface area (Å²) in [7, 11) is 3.29. The lowest BCUT2D eigenvalue weighted by Gasteiger charge is -2.61. The van der Waals surface area contributed by atoms with E-state index in [2.05, 4.69) is 15.9 Å². The van der Waals surface area contributed by atoms with Crippen LogP contribution in [0.4, 0.5) is 0 Å². The summed E-state index contributed by atoms with van der Waals surface area (Å²) in [5.74, 6) is 1.40. The summed E-state index contributed by atoms with van der Waals surface area (Å²) in [6.07, 6.45) is 3.69. The SMILES string of the molecule is COc1nc(-c2cccc(-c3cccc(-c4cc5c(c(OC)n4)[C@H](N4CC6(CN(C(C)=O)C6)C4)CC5)c3Cl)c2Cl)cnc1CN1CC2(C1)CN(C(C)=O)C2. The number of fused-ring (bicyclic) bond motifs is 1. The molecule has 1 aliphatic carbocycles. The first-order chi connectivity index (χ1) is 26.0. The Morgan fingerprint density at radius 1 is 0.759 bits per heavy atom. The maximum atomic E-state index is 11.8. The summed E-state index contributed by atoms with van der Waals surface area (Å²) in [5.41, 5.74) is 8.05. The Morgan fingerprint density at radius 3 is 1.87 bits per heavy atom. The molecular weight excluding hydrogens is 725 g/mol. The van der Waals surface area contributed by atoms with Gasteiger partial charge in [-0.3, -0.25) is 24.4 Å².